The van der Waals surface area contributed by atoms with Crippen LogP contribution in [0.1, 0.15) is 23.9 Å². The third-order valence-electron chi connectivity index (χ3n) is 4.56. The quantitative estimate of drug-likeness (QED) is 0.414. The summed E-state index contributed by atoms with van der Waals surface area (Å²) in [6.45, 7) is 7.72. The van der Waals surface area contributed by atoms with Crippen molar-refractivity contribution >= 4 is 39.9 Å². The summed E-state index contributed by atoms with van der Waals surface area (Å²) >= 11 is 1.38. The van der Waals surface area contributed by atoms with Crippen LogP contribution in [0.2, 0.25) is 0 Å². The highest BCUT2D eigenvalue weighted by atomic mass is 32.2. The van der Waals surface area contributed by atoms with Gasteiger partial charge in [-0.1, -0.05) is 36.0 Å². The molecule has 1 N–H and O–H groups in total. The van der Waals surface area contributed by atoms with Crippen LogP contribution in [0.3, 0.4) is 0 Å². The average molecular weight is 392 g/mol. The lowest BCUT2D eigenvalue weighted by molar-refractivity contribution is -0.115. The fourth-order valence-electron chi connectivity index (χ4n) is 3.03. The molecule has 0 aliphatic heterocycles. The molecule has 0 saturated heterocycles. The molecule has 2 aromatic carbocycles. The van der Waals surface area contributed by atoms with E-state index < -0.39 is 0 Å². The van der Waals surface area contributed by atoms with Crippen LogP contribution < -0.4 is 5.32 Å². The Kier molecular flexibility index (Phi) is 4.77. The lowest BCUT2D eigenvalue weighted by atomic mass is 10.1. The molecule has 4 rings (SSSR count). The summed E-state index contributed by atoms with van der Waals surface area (Å²) in [4.78, 5) is 22.0. The Bertz CT molecular complexity index is 1200. The number of anilines is 1. The van der Waals surface area contributed by atoms with E-state index in [0.29, 0.717) is 11.0 Å². The fraction of sp³-hybridized carbons (Fsp3) is 0.238. The summed E-state index contributed by atoms with van der Waals surface area (Å²) in [6, 6.07) is 13.9. The SMILES string of the molecule is Cc1ccc(C)c(NC(=O)C(C)Sc2nc3ccccc3c3nc(C)nn23)c1. The molecule has 7 heteroatoms. The number of aryl methyl sites for hydroxylation is 3. The van der Waals surface area contributed by atoms with Gasteiger partial charge in [0.25, 0.3) is 0 Å². The van der Waals surface area contributed by atoms with E-state index in [1.807, 2.05) is 70.2 Å². The van der Waals surface area contributed by atoms with E-state index in [2.05, 4.69) is 15.4 Å². The maximum absolute atomic E-state index is 12.8. The van der Waals surface area contributed by atoms with Crippen molar-refractivity contribution < 1.29 is 4.79 Å². The Labute approximate surface area is 167 Å². The van der Waals surface area contributed by atoms with Gasteiger partial charge in [0.1, 0.15) is 5.82 Å². The van der Waals surface area contributed by atoms with Gasteiger partial charge in [-0.2, -0.15) is 4.52 Å². The maximum Gasteiger partial charge on any atom is 0.237 e. The number of amides is 1. The van der Waals surface area contributed by atoms with Crippen LogP contribution in [0.5, 0.6) is 0 Å². The smallest absolute Gasteiger partial charge is 0.237 e. The minimum Gasteiger partial charge on any atom is -0.325 e. The van der Waals surface area contributed by atoms with E-state index >= 15 is 0 Å². The second kappa shape index (κ2) is 7.24. The lowest BCUT2D eigenvalue weighted by Crippen LogP contribution is -2.23. The highest BCUT2D eigenvalue weighted by Crippen LogP contribution is 2.27. The molecule has 2 heterocycles. The number of carbonyl (C=O) groups excluding carboxylic acids is 1. The van der Waals surface area contributed by atoms with Gasteiger partial charge in [0.2, 0.25) is 5.91 Å². The molecule has 0 bridgehead atoms. The molecule has 2 aromatic heterocycles. The number of rotatable bonds is 4. The predicted octanol–water partition coefficient (Wildman–Crippen LogP) is 4.32. The molecule has 1 unspecified atom stereocenters. The van der Waals surface area contributed by atoms with Gasteiger partial charge in [-0.25, -0.2) is 9.97 Å². The molecule has 0 spiro atoms. The maximum atomic E-state index is 12.8. The molecule has 6 nitrogen and oxygen atoms in total. The van der Waals surface area contributed by atoms with Crippen molar-refractivity contribution in [1.29, 1.82) is 0 Å². The first-order valence-corrected chi connectivity index (χ1v) is 9.97. The van der Waals surface area contributed by atoms with Crippen LogP contribution in [-0.2, 0) is 4.79 Å². The minimum atomic E-state index is -0.346. The lowest BCUT2D eigenvalue weighted by Gasteiger charge is -2.14. The number of nitrogens with one attached hydrogen (secondary N) is 1. The number of nitrogens with zero attached hydrogens (tertiary/aromatic N) is 4. The summed E-state index contributed by atoms with van der Waals surface area (Å²) in [5.74, 6) is 0.603. The monoisotopic (exact) mass is 391 g/mol. The molecular formula is C21H21N5OS. The Morgan fingerprint density at radius 2 is 1.89 bits per heavy atom. The van der Waals surface area contributed by atoms with Crippen LogP contribution >= 0.6 is 11.8 Å². The van der Waals surface area contributed by atoms with Crippen molar-refractivity contribution in [3.8, 4) is 0 Å². The third kappa shape index (κ3) is 3.45. The summed E-state index contributed by atoms with van der Waals surface area (Å²) in [5, 5.41) is 8.75. The molecule has 1 amide bonds. The first-order valence-electron chi connectivity index (χ1n) is 9.09. The topological polar surface area (TPSA) is 72.2 Å². The molecule has 0 saturated carbocycles. The second-order valence-corrected chi connectivity index (χ2v) is 8.18. The zero-order valence-electron chi connectivity index (χ0n) is 16.2. The number of hydrogen-bond donors (Lipinski definition) is 1. The van der Waals surface area contributed by atoms with Gasteiger partial charge in [-0.3, -0.25) is 4.79 Å². The highest BCUT2D eigenvalue weighted by Gasteiger charge is 2.20. The zero-order chi connectivity index (χ0) is 19.8. The summed E-state index contributed by atoms with van der Waals surface area (Å²) in [6.07, 6.45) is 0. The zero-order valence-corrected chi connectivity index (χ0v) is 17.0. The Morgan fingerprint density at radius 3 is 2.71 bits per heavy atom. The summed E-state index contributed by atoms with van der Waals surface area (Å²) in [7, 11) is 0. The third-order valence-corrected chi connectivity index (χ3v) is 5.60. The normalized spacial score (nSPS) is 12.4. The van der Waals surface area contributed by atoms with Gasteiger partial charge in [0.15, 0.2) is 10.8 Å². The molecule has 0 radical (unpaired) electrons. The molecule has 0 fully saturated rings. The van der Waals surface area contributed by atoms with Gasteiger partial charge in [0, 0.05) is 11.1 Å². The number of benzene rings is 2. The molecule has 142 valence electrons. The van der Waals surface area contributed by atoms with Crippen LogP contribution in [0.25, 0.3) is 16.6 Å². The van der Waals surface area contributed by atoms with Crippen LogP contribution in [-0.4, -0.2) is 30.7 Å². The molecule has 0 aliphatic rings. The van der Waals surface area contributed by atoms with Crippen molar-refractivity contribution in [3.05, 3.63) is 59.4 Å². The number of aromatic nitrogens is 4. The molecule has 0 aliphatic carbocycles. The average Bonchev–Trinajstić information content (AvgIpc) is 3.07. The summed E-state index contributed by atoms with van der Waals surface area (Å²) in [5.41, 5.74) is 4.58. The van der Waals surface area contributed by atoms with Crippen LogP contribution in [0, 0.1) is 20.8 Å². The van der Waals surface area contributed by atoms with Crippen LogP contribution in [0.4, 0.5) is 5.69 Å². The van der Waals surface area contributed by atoms with Gasteiger partial charge in [0.05, 0.1) is 10.8 Å². The van der Waals surface area contributed by atoms with Crippen molar-refractivity contribution in [2.45, 2.75) is 38.1 Å². The van der Waals surface area contributed by atoms with E-state index in [0.717, 1.165) is 33.4 Å². The highest BCUT2D eigenvalue weighted by molar-refractivity contribution is 8.00. The molecular weight excluding hydrogens is 370 g/mol. The number of fused-ring (bicyclic) bond motifs is 3. The van der Waals surface area contributed by atoms with E-state index in [1.165, 1.54) is 11.8 Å². The van der Waals surface area contributed by atoms with E-state index in [4.69, 9.17) is 4.98 Å². The fourth-order valence-corrected chi connectivity index (χ4v) is 3.89. The first kappa shape index (κ1) is 18.4. The second-order valence-electron chi connectivity index (χ2n) is 6.87. The molecule has 1 atom stereocenters. The first-order chi connectivity index (χ1) is 13.4. The van der Waals surface area contributed by atoms with Crippen LogP contribution in [0.15, 0.2) is 47.6 Å². The number of carbonyl (C=O) groups is 1. The minimum absolute atomic E-state index is 0.0707. The standard InChI is InChI=1S/C21H21N5OS/c1-12-9-10-13(2)18(11-12)23-20(27)14(3)28-21-24-17-8-6-5-7-16(17)19-22-15(4)25-26(19)21/h5-11,14H,1-4H3,(H,23,27). The molecule has 4 aromatic rings. The molecule has 28 heavy (non-hydrogen) atoms. The largest absolute Gasteiger partial charge is 0.325 e. The van der Waals surface area contributed by atoms with Crippen molar-refractivity contribution in [2.75, 3.05) is 5.32 Å². The van der Waals surface area contributed by atoms with Gasteiger partial charge in [-0.15, -0.1) is 5.10 Å². The van der Waals surface area contributed by atoms with E-state index in [-0.39, 0.29) is 11.2 Å². The van der Waals surface area contributed by atoms with Crippen molar-refractivity contribution in [3.63, 3.8) is 0 Å². The Morgan fingerprint density at radius 1 is 1.11 bits per heavy atom. The van der Waals surface area contributed by atoms with E-state index in [1.54, 1.807) is 4.52 Å². The Hall–Kier alpha value is -2.93. The number of hydrogen-bond acceptors (Lipinski definition) is 5. The summed E-state index contributed by atoms with van der Waals surface area (Å²) < 4.78 is 1.73. The van der Waals surface area contributed by atoms with E-state index in [9.17, 15) is 4.79 Å². The predicted molar refractivity (Wildman–Crippen MR) is 113 cm³/mol. The van der Waals surface area contributed by atoms with Gasteiger partial charge >= 0.3 is 0 Å². The van der Waals surface area contributed by atoms with Gasteiger partial charge < -0.3 is 5.32 Å². The number of thioether (sulfide) groups is 1. The Balaban J connectivity index is 1.65. The number of para-hydroxylation sites is 1. The van der Waals surface area contributed by atoms with Gasteiger partial charge in [-0.05, 0) is 57.0 Å². The van der Waals surface area contributed by atoms with Crippen molar-refractivity contribution in [2.24, 2.45) is 0 Å². The van der Waals surface area contributed by atoms with Crippen molar-refractivity contribution in [1.82, 2.24) is 19.6 Å².